The van der Waals surface area contributed by atoms with E-state index in [2.05, 4.69) is 10.2 Å². The number of hydrogen-bond donors (Lipinski definition) is 1. The summed E-state index contributed by atoms with van der Waals surface area (Å²) in [6, 6.07) is 13.9. The van der Waals surface area contributed by atoms with Gasteiger partial charge in [-0.1, -0.05) is 30.3 Å². The minimum absolute atomic E-state index is 0.00461. The van der Waals surface area contributed by atoms with Gasteiger partial charge in [-0.2, -0.15) is 5.10 Å². The van der Waals surface area contributed by atoms with Crippen LogP contribution in [-0.4, -0.2) is 64.6 Å². The molecule has 1 aliphatic heterocycles. The minimum Gasteiger partial charge on any atom is -0.483 e. The minimum atomic E-state index is -0.0583. The number of hydrogen-bond acceptors (Lipinski definition) is 4. The molecular formula is C24H26N4O3. The van der Waals surface area contributed by atoms with Gasteiger partial charge in [-0.15, -0.1) is 0 Å². The number of amides is 2. The van der Waals surface area contributed by atoms with Gasteiger partial charge >= 0.3 is 0 Å². The van der Waals surface area contributed by atoms with E-state index < -0.39 is 0 Å². The Morgan fingerprint density at radius 3 is 2.55 bits per heavy atom. The Labute approximate surface area is 181 Å². The number of ether oxygens (including phenoxy) is 1. The van der Waals surface area contributed by atoms with Gasteiger partial charge in [0.2, 0.25) is 5.91 Å². The summed E-state index contributed by atoms with van der Waals surface area (Å²) in [4.78, 5) is 27.4. The van der Waals surface area contributed by atoms with Gasteiger partial charge in [-0.05, 0) is 42.3 Å². The third kappa shape index (κ3) is 4.77. The van der Waals surface area contributed by atoms with Crippen LogP contribution in [0.15, 0.2) is 42.5 Å². The van der Waals surface area contributed by atoms with Crippen LogP contribution in [-0.2, 0) is 9.59 Å². The Hall–Kier alpha value is -3.61. The molecule has 0 aliphatic carbocycles. The molecule has 160 valence electrons. The van der Waals surface area contributed by atoms with E-state index in [-0.39, 0.29) is 18.4 Å². The van der Waals surface area contributed by atoms with Gasteiger partial charge in [0.15, 0.2) is 6.61 Å². The lowest BCUT2D eigenvalue weighted by Crippen LogP contribution is -2.51. The SMILES string of the molecule is CC(=O)N1CCN(C(=O)COc2ccc(C=Cc3n[nH]c4ccccc34)cc2C)CC1. The average Bonchev–Trinajstić information content (AvgIpc) is 3.20. The average molecular weight is 418 g/mol. The van der Waals surface area contributed by atoms with Gasteiger partial charge in [0.1, 0.15) is 5.75 Å². The van der Waals surface area contributed by atoms with Crippen LogP contribution in [0.25, 0.3) is 23.1 Å². The number of piperazine rings is 1. The Morgan fingerprint density at radius 2 is 1.81 bits per heavy atom. The first-order chi connectivity index (χ1) is 15.0. The van der Waals surface area contributed by atoms with Crippen molar-refractivity contribution in [3.8, 4) is 5.75 Å². The molecule has 31 heavy (non-hydrogen) atoms. The quantitative estimate of drug-likeness (QED) is 0.691. The molecule has 1 aromatic heterocycles. The monoisotopic (exact) mass is 418 g/mol. The summed E-state index contributed by atoms with van der Waals surface area (Å²) in [6.45, 7) is 5.76. The van der Waals surface area contributed by atoms with Crippen molar-refractivity contribution in [1.82, 2.24) is 20.0 Å². The van der Waals surface area contributed by atoms with Crippen LogP contribution < -0.4 is 4.74 Å². The zero-order valence-corrected chi connectivity index (χ0v) is 17.8. The maximum absolute atomic E-state index is 12.4. The summed E-state index contributed by atoms with van der Waals surface area (Å²) in [6.07, 6.45) is 4.00. The second kappa shape index (κ2) is 9.04. The second-order valence-electron chi connectivity index (χ2n) is 7.69. The lowest BCUT2D eigenvalue weighted by molar-refractivity contribution is -0.139. The zero-order valence-electron chi connectivity index (χ0n) is 17.8. The number of para-hydroxylation sites is 1. The fourth-order valence-electron chi connectivity index (χ4n) is 3.73. The second-order valence-corrected chi connectivity index (χ2v) is 7.69. The molecule has 0 spiro atoms. The Kier molecular flexibility index (Phi) is 6.02. The standard InChI is InChI=1S/C24H26N4O3/c1-17-15-19(7-9-22-20-5-3-4-6-21(20)25-26-22)8-10-23(17)31-16-24(30)28-13-11-27(12-14-28)18(2)29/h3-10,15H,11-14,16H2,1-2H3,(H,25,26). The maximum atomic E-state index is 12.4. The molecule has 0 bridgehead atoms. The molecule has 1 aliphatic rings. The van der Waals surface area contributed by atoms with Gasteiger partial charge < -0.3 is 14.5 Å². The van der Waals surface area contributed by atoms with Crippen molar-refractivity contribution in [2.75, 3.05) is 32.8 Å². The van der Waals surface area contributed by atoms with Crippen molar-refractivity contribution < 1.29 is 14.3 Å². The van der Waals surface area contributed by atoms with Gasteiger partial charge in [0, 0.05) is 38.5 Å². The number of benzene rings is 2. The summed E-state index contributed by atoms with van der Waals surface area (Å²) in [7, 11) is 0. The number of H-pyrrole nitrogens is 1. The molecule has 1 N–H and O–H groups in total. The number of rotatable bonds is 5. The first-order valence-corrected chi connectivity index (χ1v) is 10.4. The van der Waals surface area contributed by atoms with Crippen LogP contribution >= 0.6 is 0 Å². The van der Waals surface area contributed by atoms with Crippen molar-refractivity contribution in [3.63, 3.8) is 0 Å². The molecule has 0 atom stereocenters. The predicted octanol–water partition coefficient (Wildman–Crippen LogP) is 3.11. The molecule has 0 unspecified atom stereocenters. The smallest absolute Gasteiger partial charge is 0.260 e. The molecule has 2 aromatic carbocycles. The Balaban J connectivity index is 1.34. The highest BCUT2D eigenvalue weighted by atomic mass is 16.5. The van der Waals surface area contributed by atoms with Gasteiger partial charge in [-0.25, -0.2) is 0 Å². The zero-order chi connectivity index (χ0) is 21.8. The van der Waals surface area contributed by atoms with E-state index in [0.29, 0.717) is 31.9 Å². The number of nitrogens with one attached hydrogen (secondary N) is 1. The maximum Gasteiger partial charge on any atom is 0.260 e. The highest BCUT2D eigenvalue weighted by Crippen LogP contribution is 2.22. The fourth-order valence-corrected chi connectivity index (χ4v) is 3.73. The molecule has 2 heterocycles. The molecular weight excluding hydrogens is 392 g/mol. The number of carbonyl (C=O) groups excluding carboxylic acids is 2. The van der Waals surface area contributed by atoms with E-state index in [0.717, 1.165) is 27.7 Å². The third-order valence-corrected chi connectivity index (χ3v) is 5.56. The van der Waals surface area contributed by atoms with Gasteiger partial charge in [-0.3, -0.25) is 14.7 Å². The van der Waals surface area contributed by atoms with E-state index in [9.17, 15) is 9.59 Å². The van der Waals surface area contributed by atoms with E-state index in [1.54, 1.807) is 16.7 Å². The highest BCUT2D eigenvalue weighted by Gasteiger charge is 2.22. The summed E-state index contributed by atoms with van der Waals surface area (Å²) >= 11 is 0. The first kappa shape index (κ1) is 20.7. The summed E-state index contributed by atoms with van der Waals surface area (Å²) in [5, 5.41) is 8.47. The highest BCUT2D eigenvalue weighted by molar-refractivity contribution is 5.89. The molecule has 0 radical (unpaired) electrons. The molecule has 7 heteroatoms. The van der Waals surface area contributed by atoms with Crippen LogP contribution in [0, 0.1) is 6.92 Å². The summed E-state index contributed by atoms with van der Waals surface area (Å²) in [5.41, 5.74) is 3.89. The molecule has 1 fully saturated rings. The molecule has 4 rings (SSSR count). The number of fused-ring (bicyclic) bond motifs is 1. The van der Waals surface area contributed by atoms with Crippen LogP contribution in [0.3, 0.4) is 0 Å². The summed E-state index contributed by atoms with van der Waals surface area (Å²) < 4.78 is 5.78. The van der Waals surface area contributed by atoms with Gasteiger partial charge in [0.05, 0.1) is 11.2 Å². The normalized spacial score (nSPS) is 14.4. The van der Waals surface area contributed by atoms with Crippen LogP contribution in [0.1, 0.15) is 23.7 Å². The van der Waals surface area contributed by atoms with Crippen molar-refractivity contribution >= 4 is 34.9 Å². The molecule has 0 saturated carbocycles. The molecule has 2 amide bonds. The third-order valence-electron chi connectivity index (χ3n) is 5.56. The fraction of sp³-hybridized carbons (Fsp3) is 0.292. The lowest BCUT2D eigenvalue weighted by Gasteiger charge is -2.34. The van der Waals surface area contributed by atoms with Crippen molar-refractivity contribution in [2.24, 2.45) is 0 Å². The number of aryl methyl sites for hydroxylation is 1. The Morgan fingerprint density at radius 1 is 1.06 bits per heavy atom. The number of aromatic nitrogens is 2. The van der Waals surface area contributed by atoms with E-state index in [4.69, 9.17) is 4.74 Å². The topological polar surface area (TPSA) is 78.5 Å². The van der Waals surface area contributed by atoms with Gasteiger partial charge in [0.25, 0.3) is 5.91 Å². The van der Waals surface area contributed by atoms with E-state index in [1.165, 1.54) is 0 Å². The van der Waals surface area contributed by atoms with Crippen molar-refractivity contribution in [3.05, 3.63) is 59.3 Å². The first-order valence-electron chi connectivity index (χ1n) is 10.4. The number of aromatic amines is 1. The predicted molar refractivity (Wildman–Crippen MR) is 121 cm³/mol. The van der Waals surface area contributed by atoms with Crippen LogP contribution in [0.4, 0.5) is 0 Å². The van der Waals surface area contributed by atoms with E-state index in [1.807, 2.05) is 61.5 Å². The molecule has 3 aromatic rings. The van der Waals surface area contributed by atoms with Crippen LogP contribution in [0.5, 0.6) is 5.75 Å². The van der Waals surface area contributed by atoms with E-state index >= 15 is 0 Å². The van der Waals surface area contributed by atoms with Crippen molar-refractivity contribution in [1.29, 1.82) is 0 Å². The number of nitrogens with zero attached hydrogens (tertiary/aromatic N) is 3. The molecule has 7 nitrogen and oxygen atoms in total. The molecule has 1 saturated heterocycles. The van der Waals surface area contributed by atoms with Crippen molar-refractivity contribution in [2.45, 2.75) is 13.8 Å². The Bertz CT molecular complexity index is 1130. The van der Waals surface area contributed by atoms with Crippen LogP contribution in [0.2, 0.25) is 0 Å². The number of carbonyl (C=O) groups is 2. The summed E-state index contributed by atoms with van der Waals surface area (Å²) in [5.74, 6) is 0.684. The lowest BCUT2D eigenvalue weighted by atomic mass is 10.1. The largest absolute Gasteiger partial charge is 0.483 e.